The average Bonchev–Trinajstić information content (AvgIpc) is 3.11. The van der Waals surface area contributed by atoms with Gasteiger partial charge >= 0.3 is 0 Å². The van der Waals surface area contributed by atoms with Crippen LogP contribution in [-0.2, 0) is 22.7 Å². The second kappa shape index (κ2) is 8.08. The molecule has 1 N–H and O–H groups in total. The molecule has 0 radical (unpaired) electrons. The van der Waals surface area contributed by atoms with Crippen molar-refractivity contribution in [2.24, 2.45) is 0 Å². The van der Waals surface area contributed by atoms with Gasteiger partial charge in [-0.3, -0.25) is 9.63 Å². The first-order valence-electron chi connectivity index (χ1n) is 7.76. The molecule has 5 nitrogen and oxygen atoms in total. The summed E-state index contributed by atoms with van der Waals surface area (Å²) in [5.41, 5.74) is 4.39. The first-order chi connectivity index (χ1) is 11.8. The number of amides is 1. The van der Waals surface area contributed by atoms with Gasteiger partial charge in [-0.15, -0.1) is 0 Å². The number of hydroxylamine groups is 1. The Balaban J connectivity index is 1.42. The molecule has 0 spiro atoms. The van der Waals surface area contributed by atoms with Crippen LogP contribution in [0.2, 0.25) is 0 Å². The van der Waals surface area contributed by atoms with Gasteiger partial charge in [0.05, 0.1) is 12.8 Å². The molecule has 5 heteroatoms. The number of carbonyl (C=O) groups excluding carboxylic acids is 1. The molecule has 1 aromatic heterocycles. The first kappa shape index (κ1) is 16.0. The van der Waals surface area contributed by atoms with Crippen LogP contribution in [0.4, 0.5) is 0 Å². The van der Waals surface area contributed by atoms with E-state index < -0.39 is 0 Å². The quantitative estimate of drug-likeness (QED) is 0.676. The largest absolute Gasteiger partial charge is 0.441 e. The van der Waals surface area contributed by atoms with E-state index in [9.17, 15) is 4.79 Å². The monoisotopic (exact) mass is 322 g/mol. The Morgan fingerprint density at radius 2 is 1.75 bits per heavy atom. The standard InChI is InChI=1S/C19H18N2O3/c22-18(21-23-14-15-7-3-1-4-8-15)11-12-19-20-13-17(24-19)16-9-5-2-6-10-16/h1-10,13H,11-12,14H2,(H,21,22). The predicted molar refractivity (Wildman–Crippen MR) is 89.6 cm³/mol. The van der Waals surface area contributed by atoms with Crippen LogP contribution < -0.4 is 5.48 Å². The van der Waals surface area contributed by atoms with E-state index in [1.165, 1.54) is 0 Å². The summed E-state index contributed by atoms with van der Waals surface area (Å²) < 4.78 is 5.66. The fourth-order valence-corrected chi connectivity index (χ4v) is 2.21. The van der Waals surface area contributed by atoms with Crippen molar-refractivity contribution in [1.82, 2.24) is 10.5 Å². The lowest BCUT2D eigenvalue weighted by Crippen LogP contribution is -2.23. The number of carbonyl (C=O) groups is 1. The molecule has 0 aliphatic heterocycles. The van der Waals surface area contributed by atoms with Gasteiger partial charge < -0.3 is 4.42 Å². The fourth-order valence-electron chi connectivity index (χ4n) is 2.21. The van der Waals surface area contributed by atoms with Crippen molar-refractivity contribution in [3.8, 4) is 11.3 Å². The Kier molecular flexibility index (Phi) is 5.37. The summed E-state index contributed by atoms with van der Waals surface area (Å²) in [4.78, 5) is 21.2. The molecular formula is C19H18N2O3. The highest BCUT2D eigenvalue weighted by atomic mass is 16.6. The Hall–Kier alpha value is -2.92. The van der Waals surface area contributed by atoms with Crippen molar-refractivity contribution in [3.05, 3.63) is 78.3 Å². The molecule has 0 unspecified atom stereocenters. The van der Waals surface area contributed by atoms with Crippen LogP contribution in [-0.4, -0.2) is 10.9 Å². The maximum absolute atomic E-state index is 11.8. The van der Waals surface area contributed by atoms with Crippen molar-refractivity contribution in [1.29, 1.82) is 0 Å². The summed E-state index contributed by atoms with van der Waals surface area (Å²) >= 11 is 0. The molecule has 0 aliphatic carbocycles. The van der Waals surface area contributed by atoms with Crippen LogP contribution in [0.1, 0.15) is 17.9 Å². The Morgan fingerprint density at radius 1 is 1.04 bits per heavy atom. The number of benzene rings is 2. The summed E-state index contributed by atoms with van der Waals surface area (Å²) in [6.07, 6.45) is 2.35. The number of rotatable bonds is 7. The fraction of sp³-hybridized carbons (Fsp3) is 0.158. The molecule has 3 aromatic rings. The van der Waals surface area contributed by atoms with Crippen LogP contribution in [0, 0.1) is 0 Å². The van der Waals surface area contributed by atoms with Crippen molar-refractivity contribution < 1.29 is 14.0 Å². The molecule has 3 rings (SSSR count). The topological polar surface area (TPSA) is 64.4 Å². The van der Waals surface area contributed by atoms with Gasteiger partial charge in [0.2, 0.25) is 5.91 Å². The summed E-state index contributed by atoms with van der Waals surface area (Å²) in [5.74, 6) is 1.03. The number of nitrogens with one attached hydrogen (secondary N) is 1. The third-order valence-electron chi connectivity index (χ3n) is 3.45. The van der Waals surface area contributed by atoms with E-state index in [0.29, 0.717) is 24.7 Å². The number of aromatic nitrogens is 1. The van der Waals surface area contributed by atoms with Gasteiger partial charge in [0.25, 0.3) is 0 Å². The Bertz CT molecular complexity index is 770. The zero-order valence-electron chi connectivity index (χ0n) is 13.1. The van der Waals surface area contributed by atoms with E-state index in [1.807, 2.05) is 60.7 Å². The van der Waals surface area contributed by atoms with Crippen molar-refractivity contribution >= 4 is 5.91 Å². The number of hydrogen-bond donors (Lipinski definition) is 1. The number of aryl methyl sites for hydroxylation is 1. The zero-order valence-corrected chi connectivity index (χ0v) is 13.1. The molecule has 0 saturated carbocycles. The van der Waals surface area contributed by atoms with Crippen LogP contribution in [0.15, 0.2) is 71.3 Å². The highest BCUT2D eigenvalue weighted by Gasteiger charge is 2.09. The van der Waals surface area contributed by atoms with E-state index in [4.69, 9.17) is 9.25 Å². The number of nitrogens with zero attached hydrogens (tertiary/aromatic N) is 1. The second-order valence-corrected chi connectivity index (χ2v) is 5.28. The second-order valence-electron chi connectivity index (χ2n) is 5.28. The van der Waals surface area contributed by atoms with Crippen molar-refractivity contribution in [2.45, 2.75) is 19.4 Å². The first-order valence-corrected chi connectivity index (χ1v) is 7.76. The minimum absolute atomic E-state index is 0.203. The van der Waals surface area contributed by atoms with Crippen LogP contribution in [0.3, 0.4) is 0 Å². The summed E-state index contributed by atoms with van der Waals surface area (Å²) in [7, 11) is 0. The van der Waals surface area contributed by atoms with Gasteiger partial charge in [0, 0.05) is 18.4 Å². The molecule has 0 atom stereocenters. The van der Waals surface area contributed by atoms with Crippen LogP contribution in [0.25, 0.3) is 11.3 Å². The SMILES string of the molecule is O=C(CCc1ncc(-c2ccccc2)o1)NOCc1ccccc1. The van der Waals surface area contributed by atoms with Gasteiger partial charge in [-0.25, -0.2) is 10.5 Å². The summed E-state index contributed by atoms with van der Waals surface area (Å²) in [6, 6.07) is 19.4. The highest BCUT2D eigenvalue weighted by molar-refractivity contribution is 5.74. The molecule has 2 aromatic carbocycles. The average molecular weight is 322 g/mol. The molecule has 0 aliphatic rings. The minimum Gasteiger partial charge on any atom is -0.441 e. The Morgan fingerprint density at radius 3 is 2.50 bits per heavy atom. The van der Waals surface area contributed by atoms with Crippen molar-refractivity contribution in [2.75, 3.05) is 0 Å². The molecule has 1 heterocycles. The van der Waals surface area contributed by atoms with E-state index >= 15 is 0 Å². The number of hydrogen-bond acceptors (Lipinski definition) is 4. The molecule has 0 saturated heterocycles. The highest BCUT2D eigenvalue weighted by Crippen LogP contribution is 2.20. The van der Waals surface area contributed by atoms with Gasteiger partial charge in [0.15, 0.2) is 11.7 Å². The zero-order chi connectivity index (χ0) is 16.6. The van der Waals surface area contributed by atoms with E-state index in [-0.39, 0.29) is 12.3 Å². The lowest BCUT2D eigenvalue weighted by molar-refractivity contribution is -0.134. The minimum atomic E-state index is -0.203. The maximum atomic E-state index is 11.8. The molecule has 0 fully saturated rings. The van der Waals surface area contributed by atoms with Crippen LogP contribution >= 0.6 is 0 Å². The molecule has 0 bridgehead atoms. The Labute approximate surface area is 140 Å². The van der Waals surface area contributed by atoms with Crippen molar-refractivity contribution in [3.63, 3.8) is 0 Å². The lowest BCUT2D eigenvalue weighted by Gasteiger charge is -2.05. The molecular weight excluding hydrogens is 304 g/mol. The number of oxazole rings is 1. The third-order valence-corrected chi connectivity index (χ3v) is 3.45. The smallest absolute Gasteiger partial charge is 0.244 e. The summed E-state index contributed by atoms with van der Waals surface area (Å²) in [5, 5.41) is 0. The van der Waals surface area contributed by atoms with Crippen LogP contribution in [0.5, 0.6) is 0 Å². The molecule has 24 heavy (non-hydrogen) atoms. The summed E-state index contributed by atoms with van der Waals surface area (Å²) in [6.45, 7) is 0.337. The normalized spacial score (nSPS) is 10.5. The van der Waals surface area contributed by atoms with Gasteiger partial charge in [-0.2, -0.15) is 0 Å². The van der Waals surface area contributed by atoms with E-state index in [2.05, 4.69) is 10.5 Å². The van der Waals surface area contributed by atoms with Gasteiger partial charge in [-0.05, 0) is 5.56 Å². The van der Waals surface area contributed by atoms with Gasteiger partial charge in [-0.1, -0.05) is 60.7 Å². The maximum Gasteiger partial charge on any atom is 0.244 e. The van der Waals surface area contributed by atoms with Gasteiger partial charge in [0.1, 0.15) is 0 Å². The van der Waals surface area contributed by atoms with E-state index in [1.54, 1.807) is 6.20 Å². The lowest BCUT2D eigenvalue weighted by atomic mass is 10.2. The predicted octanol–water partition coefficient (Wildman–Crippen LogP) is 3.52. The third kappa shape index (κ3) is 4.54. The molecule has 122 valence electrons. The van der Waals surface area contributed by atoms with E-state index in [0.717, 1.165) is 11.1 Å². The molecule has 1 amide bonds.